The Morgan fingerprint density at radius 1 is 1.50 bits per heavy atom. The van der Waals surface area contributed by atoms with Crippen molar-refractivity contribution in [2.75, 3.05) is 6.54 Å². The summed E-state index contributed by atoms with van der Waals surface area (Å²) in [7, 11) is 0. The second kappa shape index (κ2) is 7.51. The first kappa shape index (κ1) is 17.4. The third-order valence-electron chi connectivity index (χ3n) is 2.89. The minimum Gasteiger partial charge on any atom is -0.481 e. The Labute approximate surface area is 149 Å². The Kier molecular flexibility index (Phi) is 5.93. The van der Waals surface area contributed by atoms with Crippen LogP contribution in [0.2, 0.25) is 0 Å². The van der Waals surface area contributed by atoms with Gasteiger partial charge in [-0.25, -0.2) is 4.39 Å². The van der Waals surface area contributed by atoms with Gasteiger partial charge in [0.25, 0.3) is 5.91 Å². The molecular formula is C14H11FINO3S2. The van der Waals surface area contributed by atoms with Gasteiger partial charge in [-0.3, -0.25) is 14.5 Å². The molecule has 0 aliphatic carbocycles. The van der Waals surface area contributed by atoms with Crippen LogP contribution in [0.1, 0.15) is 18.4 Å². The summed E-state index contributed by atoms with van der Waals surface area (Å²) in [4.78, 5) is 24.5. The number of carboxylic acid groups (broad SMARTS) is 1. The van der Waals surface area contributed by atoms with Gasteiger partial charge in [0.1, 0.15) is 10.1 Å². The van der Waals surface area contributed by atoms with Crippen LogP contribution in [0.3, 0.4) is 0 Å². The average molecular weight is 451 g/mol. The van der Waals surface area contributed by atoms with Gasteiger partial charge in [-0.2, -0.15) is 0 Å². The molecule has 116 valence electrons. The molecular weight excluding hydrogens is 440 g/mol. The van der Waals surface area contributed by atoms with E-state index < -0.39 is 11.8 Å². The Morgan fingerprint density at radius 2 is 2.23 bits per heavy atom. The van der Waals surface area contributed by atoms with Crippen LogP contribution in [0.15, 0.2) is 23.1 Å². The minimum absolute atomic E-state index is 0.0262. The molecule has 0 saturated carbocycles. The third kappa shape index (κ3) is 4.26. The molecule has 1 aliphatic heterocycles. The Morgan fingerprint density at radius 3 is 2.91 bits per heavy atom. The van der Waals surface area contributed by atoms with E-state index in [1.54, 1.807) is 12.1 Å². The molecule has 2 rings (SSSR count). The van der Waals surface area contributed by atoms with Gasteiger partial charge in [0, 0.05) is 22.1 Å². The average Bonchev–Trinajstić information content (AvgIpc) is 2.70. The number of rotatable bonds is 5. The first-order valence-corrected chi connectivity index (χ1v) is 8.61. The molecule has 8 heteroatoms. The second-order valence-corrected chi connectivity index (χ2v) is 7.42. The highest BCUT2D eigenvalue weighted by atomic mass is 127. The lowest BCUT2D eigenvalue weighted by Gasteiger charge is -2.13. The number of thiocarbonyl (C=S) groups is 1. The van der Waals surface area contributed by atoms with Gasteiger partial charge in [0.2, 0.25) is 0 Å². The van der Waals surface area contributed by atoms with E-state index >= 15 is 0 Å². The van der Waals surface area contributed by atoms with Crippen LogP contribution in [-0.2, 0) is 9.59 Å². The fourth-order valence-corrected chi connectivity index (χ4v) is 3.66. The Bertz CT molecular complexity index is 678. The number of benzene rings is 1. The van der Waals surface area contributed by atoms with Crippen LogP contribution in [0.4, 0.5) is 4.39 Å². The molecule has 1 aliphatic rings. The number of carbonyl (C=O) groups is 2. The van der Waals surface area contributed by atoms with Gasteiger partial charge in [-0.15, -0.1) is 0 Å². The SMILES string of the molecule is O=C(O)CCCN1C(=O)/C(=C/c2cc(I)ccc2F)SC1=S. The zero-order chi connectivity index (χ0) is 16.3. The normalized spacial score (nSPS) is 16.6. The number of amides is 1. The zero-order valence-corrected chi connectivity index (χ0v) is 15.0. The van der Waals surface area contributed by atoms with Gasteiger partial charge in [-0.1, -0.05) is 24.0 Å². The number of hydrogen-bond donors (Lipinski definition) is 1. The standard InChI is InChI=1S/C14H11FINO3S2/c15-10-4-3-9(16)6-8(10)7-11-13(20)17(14(21)22-11)5-1-2-12(18)19/h3-4,6-7H,1-2,5H2,(H,18,19)/b11-7-. The van der Waals surface area contributed by atoms with E-state index in [9.17, 15) is 14.0 Å². The molecule has 22 heavy (non-hydrogen) atoms. The number of nitrogens with zero attached hydrogens (tertiary/aromatic N) is 1. The van der Waals surface area contributed by atoms with Crippen molar-refractivity contribution in [1.29, 1.82) is 0 Å². The van der Waals surface area contributed by atoms with Crippen LogP contribution in [0.25, 0.3) is 6.08 Å². The Balaban J connectivity index is 2.15. The first-order chi connectivity index (χ1) is 10.4. The smallest absolute Gasteiger partial charge is 0.303 e. The lowest BCUT2D eigenvalue weighted by Crippen LogP contribution is -2.29. The van der Waals surface area contributed by atoms with Crippen molar-refractivity contribution in [2.45, 2.75) is 12.8 Å². The van der Waals surface area contributed by atoms with Crippen molar-refractivity contribution >= 4 is 68.8 Å². The van der Waals surface area contributed by atoms with Gasteiger partial charge in [-0.05, 0) is 53.3 Å². The van der Waals surface area contributed by atoms with Crippen LogP contribution < -0.4 is 0 Å². The van der Waals surface area contributed by atoms with Crippen LogP contribution in [-0.4, -0.2) is 32.7 Å². The number of aliphatic carboxylic acids is 1. The fourth-order valence-electron chi connectivity index (χ4n) is 1.85. The maximum absolute atomic E-state index is 13.8. The molecule has 0 unspecified atom stereocenters. The largest absolute Gasteiger partial charge is 0.481 e. The van der Waals surface area contributed by atoms with E-state index in [0.717, 1.165) is 15.3 Å². The molecule has 1 fully saturated rings. The number of hydrogen-bond acceptors (Lipinski definition) is 4. The van der Waals surface area contributed by atoms with Crippen molar-refractivity contribution in [1.82, 2.24) is 4.90 Å². The second-order valence-electron chi connectivity index (χ2n) is 4.50. The van der Waals surface area contributed by atoms with E-state index in [4.69, 9.17) is 17.3 Å². The number of halogens is 2. The number of carbonyl (C=O) groups excluding carboxylic acids is 1. The molecule has 1 saturated heterocycles. The summed E-state index contributed by atoms with van der Waals surface area (Å²) in [5.41, 5.74) is 0.331. The summed E-state index contributed by atoms with van der Waals surface area (Å²) in [6.07, 6.45) is 1.78. The van der Waals surface area contributed by atoms with E-state index in [1.807, 2.05) is 0 Å². The molecule has 1 aromatic rings. The molecule has 0 spiro atoms. The quantitative estimate of drug-likeness (QED) is 0.422. The van der Waals surface area contributed by atoms with Crippen molar-refractivity contribution < 1.29 is 19.1 Å². The van der Waals surface area contributed by atoms with Gasteiger partial charge < -0.3 is 5.11 Å². The third-order valence-corrected chi connectivity index (χ3v) is 4.94. The lowest BCUT2D eigenvalue weighted by molar-refractivity contribution is -0.137. The lowest BCUT2D eigenvalue weighted by atomic mass is 10.2. The van der Waals surface area contributed by atoms with Crippen molar-refractivity contribution in [3.8, 4) is 0 Å². The highest BCUT2D eigenvalue weighted by Gasteiger charge is 2.31. The molecule has 1 N–H and O–H groups in total. The van der Waals surface area contributed by atoms with Crippen LogP contribution in [0.5, 0.6) is 0 Å². The monoisotopic (exact) mass is 451 g/mol. The highest BCUT2D eigenvalue weighted by molar-refractivity contribution is 14.1. The molecule has 4 nitrogen and oxygen atoms in total. The van der Waals surface area contributed by atoms with E-state index in [-0.39, 0.29) is 18.9 Å². The molecule has 1 amide bonds. The van der Waals surface area contributed by atoms with Crippen LogP contribution >= 0.6 is 46.6 Å². The molecule has 1 heterocycles. The fraction of sp³-hybridized carbons (Fsp3) is 0.214. The van der Waals surface area contributed by atoms with Crippen molar-refractivity contribution in [2.24, 2.45) is 0 Å². The molecule has 0 aromatic heterocycles. The zero-order valence-electron chi connectivity index (χ0n) is 11.2. The van der Waals surface area contributed by atoms with Crippen molar-refractivity contribution in [3.05, 3.63) is 38.1 Å². The summed E-state index contributed by atoms with van der Waals surface area (Å²) in [5, 5.41) is 8.63. The molecule has 1 aromatic carbocycles. The number of thioether (sulfide) groups is 1. The molecule has 0 bridgehead atoms. The first-order valence-electron chi connectivity index (χ1n) is 6.30. The van der Waals surface area contributed by atoms with Gasteiger partial charge >= 0.3 is 5.97 Å². The van der Waals surface area contributed by atoms with E-state index in [1.165, 1.54) is 17.0 Å². The number of carboxylic acids is 1. The predicted octanol–water partition coefficient (Wildman–Crippen LogP) is 3.50. The summed E-state index contributed by atoms with van der Waals surface area (Å²) < 4.78 is 15.0. The summed E-state index contributed by atoms with van der Waals surface area (Å²) >= 11 is 8.30. The topological polar surface area (TPSA) is 57.6 Å². The summed E-state index contributed by atoms with van der Waals surface area (Å²) in [6, 6.07) is 4.64. The Hall–Kier alpha value is -1.000. The predicted molar refractivity (Wildman–Crippen MR) is 95.9 cm³/mol. The van der Waals surface area contributed by atoms with Gasteiger partial charge in [0.05, 0.1) is 4.91 Å². The van der Waals surface area contributed by atoms with Crippen molar-refractivity contribution in [3.63, 3.8) is 0 Å². The highest BCUT2D eigenvalue weighted by Crippen LogP contribution is 2.33. The summed E-state index contributed by atoms with van der Waals surface area (Å²) in [5.74, 6) is -1.63. The van der Waals surface area contributed by atoms with E-state index in [0.29, 0.717) is 21.2 Å². The maximum atomic E-state index is 13.8. The molecule has 0 radical (unpaired) electrons. The van der Waals surface area contributed by atoms with E-state index in [2.05, 4.69) is 22.6 Å². The van der Waals surface area contributed by atoms with Gasteiger partial charge in [0.15, 0.2) is 0 Å². The van der Waals surface area contributed by atoms with Crippen LogP contribution in [0, 0.1) is 9.39 Å². The minimum atomic E-state index is -0.915. The molecule has 0 atom stereocenters. The summed E-state index contributed by atoms with van der Waals surface area (Å²) in [6.45, 7) is 0.253. The maximum Gasteiger partial charge on any atom is 0.303 e.